The van der Waals surface area contributed by atoms with E-state index >= 15 is 0 Å². The highest BCUT2D eigenvalue weighted by Crippen LogP contribution is 2.37. The van der Waals surface area contributed by atoms with Crippen LogP contribution in [0.4, 0.5) is 0 Å². The van der Waals surface area contributed by atoms with Crippen molar-refractivity contribution in [2.24, 2.45) is 0 Å². The van der Waals surface area contributed by atoms with Crippen LogP contribution in [-0.2, 0) is 6.42 Å². The van der Waals surface area contributed by atoms with Crippen molar-refractivity contribution in [1.82, 2.24) is 10.1 Å². The molecule has 3 heterocycles. The zero-order chi connectivity index (χ0) is 18.8. The average molecular weight is 417 g/mol. The number of pyridine rings is 1. The van der Waals surface area contributed by atoms with Crippen LogP contribution in [0.2, 0.25) is 10.0 Å². The second-order valence-corrected chi connectivity index (χ2v) is 7.61. The summed E-state index contributed by atoms with van der Waals surface area (Å²) >= 11 is 13.9. The molecule has 0 saturated heterocycles. The SMILES string of the molecule is OC(c1cccnc1)c1c(Cc2ccc(Cl)cc2Cl)noc1-c1ccsc1. The molecule has 0 amide bonds. The highest BCUT2D eigenvalue weighted by Gasteiger charge is 2.26. The van der Waals surface area contributed by atoms with Gasteiger partial charge in [0.2, 0.25) is 0 Å². The Hall–Kier alpha value is -2.18. The van der Waals surface area contributed by atoms with Gasteiger partial charge in [-0.25, -0.2) is 0 Å². The summed E-state index contributed by atoms with van der Waals surface area (Å²) in [7, 11) is 0. The van der Waals surface area contributed by atoms with Gasteiger partial charge in [-0.15, -0.1) is 0 Å². The molecule has 0 saturated carbocycles. The number of thiophene rings is 1. The quantitative estimate of drug-likeness (QED) is 0.447. The Morgan fingerprint density at radius 2 is 2.07 bits per heavy atom. The summed E-state index contributed by atoms with van der Waals surface area (Å²) in [4.78, 5) is 4.10. The van der Waals surface area contributed by atoms with E-state index in [0.29, 0.717) is 39.0 Å². The smallest absolute Gasteiger partial charge is 0.174 e. The first-order valence-electron chi connectivity index (χ1n) is 8.16. The van der Waals surface area contributed by atoms with Gasteiger partial charge in [-0.3, -0.25) is 4.98 Å². The number of benzene rings is 1. The van der Waals surface area contributed by atoms with Crippen molar-refractivity contribution in [2.75, 3.05) is 0 Å². The van der Waals surface area contributed by atoms with E-state index in [9.17, 15) is 5.11 Å². The Kier molecular flexibility index (Phi) is 5.27. The normalized spacial score (nSPS) is 12.3. The second kappa shape index (κ2) is 7.82. The molecular weight excluding hydrogens is 403 g/mol. The van der Waals surface area contributed by atoms with Gasteiger partial charge in [-0.2, -0.15) is 11.3 Å². The summed E-state index contributed by atoms with van der Waals surface area (Å²) in [6.45, 7) is 0. The maximum Gasteiger partial charge on any atom is 0.174 e. The molecule has 1 unspecified atom stereocenters. The summed E-state index contributed by atoms with van der Waals surface area (Å²) in [5.41, 5.74) is 3.63. The molecule has 27 heavy (non-hydrogen) atoms. The molecule has 3 aromatic heterocycles. The monoisotopic (exact) mass is 416 g/mol. The molecule has 1 N–H and O–H groups in total. The van der Waals surface area contributed by atoms with Gasteiger partial charge in [0.15, 0.2) is 5.76 Å². The summed E-state index contributed by atoms with van der Waals surface area (Å²) in [5, 5.41) is 20.3. The van der Waals surface area contributed by atoms with Crippen molar-refractivity contribution in [1.29, 1.82) is 0 Å². The first-order valence-corrected chi connectivity index (χ1v) is 9.86. The zero-order valence-corrected chi connectivity index (χ0v) is 16.3. The lowest BCUT2D eigenvalue weighted by Gasteiger charge is -2.12. The number of aromatic nitrogens is 2. The molecule has 0 radical (unpaired) electrons. The van der Waals surface area contributed by atoms with Crippen LogP contribution in [-0.4, -0.2) is 15.2 Å². The molecule has 0 fully saturated rings. The van der Waals surface area contributed by atoms with Crippen molar-refractivity contribution < 1.29 is 9.63 Å². The van der Waals surface area contributed by atoms with Gasteiger partial charge in [0.25, 0.3) is 0 Å². The van der Waals surface area contributed by atoms with E-state index in [1.807, 2.05) is 29.0 Å². The molecule has 0 spiro atoms. The highest BCUT2D eigenvalue weighted by atomic mass is 35.5. The van der Waals surface area contributed by atoms with E-state index in [-0.39, 0.29) is 0 Å². The first kappa shape index (κ1) is 18.2. The van der Waals surface area contributed by atoms with Crippen LogP contribution in [0.15, 0.2) is 64.1 Å². The molecule has 7 heteroatoms. The molecule has 4 aromatic rings. The molecule has 0 bridgehead atoms. The predicted octanol–water partition coefficient (Wildman–Crippen LogP) is 5.78. The molecule has 136 valence electrons. The number of hydrogen-bond donors (Lipinski definition) is 1. The lowest BCUT2D eigenvalue weighted by molar-refractivity contribution is 0.219. The third kappa shape index (κ3) is 3.77. The third-order valence-corrected chi connectivity index (χ3v) is 5.50. The lowest BCUT2D eigenvalue weighted by atomic mass is 9.96. The van der Waals surface area contributed by atoms with Crippen LogP contribution in [0.5, 0.6) is 0 Å². The number of rotatable bonds is 5. The Labute approximate surface area is 170 Å². The molecule has 0 aliphatic rings. The molecule has 0 aliphatic carbocycles. The number of hydrogen-bond acceptors (Lipinski definition) is 5. The van der Waals surface area contributed by atoms with Crippen LogP contribution in [0.25, 0.3) is 11.3 Å². The summed E-state index contributed by atoms with van der Waals surface area (Å²) < 4.78 is 5.63. The third-order valence-electron chi connectivity index (χ3n) is 4.23. The van der Waals surface area contributed by atoms with Crippen molar-refractivity contribution in [3.8, 4) is 11.3 Å². The van der Waals surface area contributed by atoms with Gasteiger partial charge in [0.05, 0.1) is 11.3 Å². The van der Waals surface area contributed by atoms with Crippen LogP contribution in [0.1, 0.15) is 28.5 Å². The summed E-state index contributed by atoms with van der Waals surface area (Å²) in [5.74, 6) is 0.549. The Morgan fingerprint density at radius 1 is 1.19 bits per heavy atom. The summed E-state index contributed by atoms with van der Waals surface area (Å²) in [6.07, 6.45) is 2.79. The Balaban J connectivity index is 1.80. The van der Waals surface area contributed by atoms with Crippen molar-refractivity contribution >= 4 is 34.5 Å². The van der Waals surface area contributed by atoms with E-state index in [1.54, 1.807) is 41.9 Å². The number of aliphatic hydroxyl groups is 1. The Bertz CT molecular complexity index is 1050. The number of aliphatic hydroxyl groups excluding tert-OH is 1. The first-order chi connectivity index (χ1) is 13.1. The molecule has 1 aromatic carbocycles. The van der Waals surface area contributed by atoms with Crippen molar-refractivity contribution in [2.45, 2.75) is 12.5 Å². The van der Waals surface area contributed by atoms with Gasteiger partial charge in [-0.05, 0) is 35.2 Å². The van der Waals surface area contributed by atoms with Gasteiger partial charge in [0, 0.05) is 45.4 Å². The van der Waals surface area contributed by atoms with Gasteiger partial charge >= 0.3 is 0 Å². The fraction of sp³-hybridized carbons (Fsp3) is 0.100. The van der Waals surface area contributed by atoms with Gasteiger partial charge < -0.3 is 9.63 Å². The zero-order valence-electron chi connectivity index (χ0n) is 14.0. The molecule has 4 nitrogen and oxygen atoms in total. The minimum absolute atomic E-state index is 0.413. The van der Waals surface area contributed by atoms with E-state index in [2.05, 4.69) is 10.1 Å². The van der Waals surface area contributed by atoms with E-state index in [0.717, 1.165) is 11.1 Å². The maximum absolute atomic E-state index is 11.0. The lowest BCUT2D eigenvalue weighted by Crippen LogP contribution is -2.05. The maximum atomic E-state index is 11.0. The number of halogens is 2. The fourth-order valence-corrected chi connectivity index (χ4v) is 4.00. The highest BCUT2D eigenvalue weighted by molar-refractivity contribution is 7.08. The minimum Gasteiger partial charge on any atom is -0.383 e. The standard InChI is InChI=1S/C20H14Cl2N2O2S/c21-15-4-3-12(16(22)9-15)8-17-18(19(25)13-2-1-6-23-10-13)20(26-24-17)14-5-7-27-11-14/h1-7,9-11,19,25H,8H2. The minimum atomic E-state index is -0.916. The van der Waals surface area contributed by atoms with E-state index in [1.165, 1.54) is 0 Å². The predicted molar refractivity (Wildman–Crippen MR) is 107 cm³/mol. The molecule has 4 rings (SSSR count). The van der Waals surface area contributed by atoms with Crippen molar-refractivity contribution in [3.63, 3.8) is 0 Å². The van der Waals surface area contributed by atoms with Crippen LogP contribution in [0.3, 0.4) is 0 Å². The largest absolute Gasteiger partial charge is 0.383 e. The summed E-state index contributed by atoms with van der Waals surface area (Å²) in [6, 6.07) is 10.9. The van der Waals surface area contributed by atoms with Crippen LogP contribution < -0.4 is 0 Å². The fourth-order valence-electron chi connectivity index (χ4n) is 2.89. The van der Waals surface area contributed by atoms with Crippen LogP contribution in [0, 0.1) is 0 Å². The van der Waals surface area contributed by atoms with Crippen LogP contribution >= 0.6 is 34.5 Å². The number of nitrogens with zero attached hydrogens (tertiary/aromatic N) is 2. The van der Waals surface area contributed by atoms with Gasteiger partial charge in [0.1, 0.15) is 6.10 Å². The van der Waals surface area contributed by atoms with E-state index in [4.69, 9.17) is 27.7 Å². The molecular formula is C20H14Cl2N2O2S. The van der Waals surface area contributed by atoms with Crippen molar-refractivity contribution in [3.05, 3.63) is 92.0 Å². The van der Waals surface area contributed by atoms with E-state index < -0.39 is 6.10 Å². The van der Waals surface area contributed by atoms with Gasteiger partial charge in [-0.1, -0.05) is 40.5 Å². The Morgan fingerprint density at radius 3 is 2.78 bits per heavy atom. The average Bonchev–Trinajstić information content (AvgIpc) is 3.34. The molecule has 1 atom stereocenters. The molecule has 0 aliphatic heterocycles. The second-order valence-electron chi connectivity index (χ2n) is 5.99. The topological polar surface area (TPSA) is 59.2 Å².